The molecular weight excluding hydrogens is 699 g/mol. The van der Waals surface area contributed by atoms with Crippen LogP contribution in [0.4, 0.5) is 0 Å². The summed E-state index contributed by atoms with van der Waals surface area (Å²) >= 11 is 0. The Bertz CT molecular complexity index is 1090. The summed E-state index contributed by atoms with van der Waals surface area (Å²) in [5.74, 6) is 0.471. The summed E-state index contributed by atoms with van der Waals surface area (Å²) in [6.45, 7) is 13.0. The fraction of sp³-hybridized carbons (Fsp3) is 0.857. The summed E-state index contributed by atoms with van der Waals surface area (Å²) in [7, 11) is 4.23. The summed E-state index contributed by atoms with van der Waals surface area (Å²) in [6.07, 6.45) is 33.7. The predicted molar refractivity (Wildman–Crippen MR) is 233 cm³/mol. The van der Waals surface area contributed by atoms with Gasteiger partial charge in [-0.05, 0) is 95.7 Å². The fourth-order valence-corrected chi connectivity index (χ4v) is 7.55. The third-order valence-electron chi connectivity index (χ3n) is 11.3. The molecule has 56 heavy (non-hydrogen) atoms. The maximum absolute atomic E-state index is 12.3. The number of hydrogen-bond acceptors (Lipinski definition) is 7. The molecule has 1 aliphatic rings. The van der Waals surface area contributed by atoms with Gasteiger partial charge in [0.25, 0.3) is 0 Å². The van der Waals surface area contributed by atoms with E-state index in [-0.39, 0.29) is 18.0 Å². The van der Waals surface area contributed by atoms with Crippen LogP contribution in [0.3, 0.4) is 0 Å². The number of ether oxygens (including phenoxy) is 4. The Balaban J connectivity index is 2.22. The van der Waals surface area contributed by atoms with Crippen molar-refractivity contribution in [2.75, 3.05) is 40.5 Å². The van der Waals surface area contributed by atoms with Crippen LogP contribution in [-0.4, -0.2) is 69.2 Å². The number of rotatable bonds is 38. The van der Waals surface area contributed by atoms with E-state index in [0.29, 0.717) is 44.5 Å². The van der Waals surface area contributed by atoms with Gasteiger partial charge in [0.05, 0.1) is 25.9 Å². The number of esters is 2. The first-order valence-electron chi connectivity index (χ1n) is 23.4. The van der Waals surface area contributed by atoms with E-state index in [2.05, 4.69) is 63.5 Å². The second kappa shape index (κ2) is 36.0. The zero-order valence-corrected chi connectivity index (χ0v) is 37.2. The molecule has 0 aromatic heterocycles. The van der Waals surface area contributed by atoms with Gasteiger partial charge < -0.3 is 23.8 Å². The third kappa shape index (κ3) is 30.0. The maximum Gasteiger partial charge on any atom is 0.305 e. The minimum atomic E-state index is -0.420. The average molecular weight is 786 g/mol. The molecule has 0 spiro atoms. The lowest BCUT2D eigenvalue weighted by molar-refractivity contribution is -0.180. The highest BCUT2D eigenvalue weighted by atomic mass is 16.7. The molecule has 1 aliphatic heterocycles. The molecule has 0 aliphatic carbocycles. The van der Waals surface area contributed by atoms with Crippen LogP contribution in [0.25, 0.3) is 0 Å². The van der Waals surface area contributed by atoms with Gasteiger partial charge in [-0.1, -0.05) is 141 Å². The minimum Gasteiger partial charge on any atom is -0.466 e. The van der Waals surface area contributed by atoms with Gasteiger partial charge in [0.15, 0.2) is 5.79 Å². The maximum atomic E-state index is 12.3. The molecule has 0 bridgehead atoms. The van der Waals surface area contributed by atoms with Crippen LogP contribution in [0.2, 0.25) is 0 Å². The minimum absolute atomic E-state index is 0.0241. The standard InChI is InChI=1S/C49H87NO6/c1-7-10-23-30-44(4)36-41-53-47(51)33-26-19-15-13-17-21-28-38-49(55-43-46(56-49)35-40-50(5)6)39-29-22-18-14-16-20-27-34-48(52)54-42-37-45(31-24-11-8-2)32-25-12-9-3/h31,44-46H,2,7,9-10,12-23,25-30,32-43H2,1,3-6H3. The van der Waals surface area contributed by atoms with E-state index >= 15 is 0 Å². The summed E-state index contributed by atoms with van der Waals surface area (Å²) in [4.78, 5) is 26.6. The first kappa shape index (κ1) is 51.9. The second-order valence-electron chi connectivity index (χ2n) is 17.0. The molecular formula is C49H87NO6. The van der Waals surface area contributed by atoms with Crippen molar-refractivity contribution in [1.82, 2.24) is 4.90 Å². The molecule has 0 radical (unpaired) electrons. The van der Waals surface area contributed by atoms with E-state index in [1.54, 1.807) is 0 Å². The normalized spacial score (nSPS) is 17.6. The van der Waals surface area contributed by atoms with E-state index in [4.69, 9.17) is 18.9 Å². The smallest absolute Gasteiger partial charge is 0.305 e. The Labute approximate surface area is 345 Å². The van der Waals surface area contributed by atoms with Crippen molar-refractivity contribution in [3.63, 3.8) is 0 Å². The average Bonchev–Trinajstić information content (AvgIpc) is 3.58. The van der Waals surface area contributed by atoms with E-state index in [9.17, 15) is 9.59 Å². The van der Waals surface area contributed by atoms with Gasteiger partial charge in [0.2, 0.25) is 0 Å². The number of nitrogens with zero attached hydrogens (tertiary/aromatic N) is 1. The van der Waals surface area contributed by atoms with Crippen molar-refractivity contribution < 1.29 is 28.5 Å². The molecule has 7 heteroatoms. The summed E-state index contributed by atoms with van der Waals surface area (Å²) in [5.41, 5.74) is 8.40. The molecule has 7 nitrogen and oxygen atoms in total. The third-order valence-corrected chi connectivity index (χ3v) is 11.3. The van der Waals surface area contributed by atoms with Gasteiger partial charge in [-0.15, -0.1) is 0 Å². The molecule has 0 saturated carbocycles. The van der Waals surface area contributed by atoms with Gasteiger partial charge in [-0.2, -0.15) is 0 Å². The Hall–Kier alpha value is -2.10. The quantitative estimate of drug-likeness (QED) is 0.0350. The van der Waals surface area contributed by atoms with Crippen molar-refractivity contribution >= 4 is 11.9 Å². The molecule has 0 amide bonds. The lowest BCUT2D eigenvalue weighted by atomic mass is 9.98. The first-order chi connectivity index (χ1) is 27.2. The first-order valence-corrected chi connectivity index (χ1v) is 23.4. The van der Waals surface area contributed by atoms with Crippen LogP contribution in [0.15, 0.2) is 29.8 Å². The van der Waals surface area contributed by atoms with Crippen LogP contribution in [0, 0.1) is 11.8 Å². The van der Waals surface area contributed by atoms with Gasteiger partial charge >= 0.3 is 11.9 Å². The van der Waals surface area contributed by atoms with Crippen molar-refractivity contribution in [3.8, 4) is 0 Å². The molecule has 0 aromatic carbocycles. The predicted octanol–water partition coefficient (Wildman–Crippen LogP) is 13.0. The van der Waals surface area contributed by atoms with Gasteiger partial charge in [0, 0.05) is 32.2 Å². The number of allylic oxidation sites excluding steroid dienone is 1. The monoisotopic (exact) mass is 786 g/mol. The van der Waals surface area contributed by atoms with Crippen molar-refractivity contribution in [1.29, 1.82) is 0 Å². The van der Waals surface area contributed by atoms with E-state index in [1.807, 2.05) is 6.08 Å². The van der Waals surface area contributed by atoms with Crippen LogP contribution in [-0.2, 0) is 28.5 Å². The largest absolute Gasteiger partial charge is 0.466 e. The topological polar surface area (TPSA) is 74.3 Å². The molecule has 0 N–H and O–H groups in total. The molecule has 1 fully saturated rings. The van der Waals surface area contributed by atoms with Gasteiger partial charge in [-0.25, -0.2) is 0 Å². The Morgan fingerprint density at radius 3 is 1.79 bits per heavy atom. The fourth-order valence-electron chi connectivity index (χ4n) is 7.55. The van der Waals surface area contributed by atoms with Crippen molar-refractivity contribution in [2.24, 2.45) is 11.8 Å². The van der Waals surface area contributed by atoms with Gasteiger partial charge in [-0.3, -0.25) is 9.59 Å². The zero-order chi connectivity index (χ0) is 41.0. The molecule has 1 rings (SSSR count). The molecule has 1 saturated heterocycles. The summed E-state index contributed by atoms with van der Waals surface area (Å²) in [5, 5.41) is 0. The molecule has 4 unspecified atom stereocenters. The zero-order valence-electron chi connectivity index (χ0n) is 37.2. The SMILES string of the molecule is C=C=C=C=CC(CCCCC)CCOC(=O)CCCCCCCCCC1(CCCCCCCCCC(=O)OCCC(C)CCCCC)OCC(CCN(C)C)O1. The van der Waals surface area contributed by atoms with E-state index < -0.39 is 5.79 Å². The van der Waals surface area contributed by atoms with Crippen LogP contribution < -0.4 is 0 Å². The van der Waals surface area contributed by atoms with Crippen LogP contribution in [0.1, 0.15) is 207 Å². The van der Waals surface area contributed by atoms with Gasteiger partial charge in [0.1, 0.15) is 0 Å². The van der Waals surface area contributed by atoms with Crippen molar-refractivity contribution in [2.45, 2.75) is 219 Å². The molecule has 0 aromatic rings. The highest BCUT2D eigenvalue weighted by Gasteiger charge is 2.40. The second-order valence-corrected chi connectivity index (χ2v) is 17.0. The lowest BCUT2D eigenvalue weighted by Crippen LogP contribution is -2.31. The Morgan fingerprint density at radius 1 is 0.732 bits per heavy atom. The highest BCUT2D eigenvalue weighted by molar-refractivity contribution is 5.69. The number of carbonyl (C=O) groups is 2. The molecule has 324 valence electrons. The summed E-state index contributed by atoms with van der Waals surface area (Å²) in [6, 6.07) is 0. The van der Waals surface area contributed by atoms with E-state index in [1.165, 1.54) is 89.9 Å². The molecule has 4 atom stereocenters. The van der Waals surface area contributed by atoms with Crippen LogP contribution >= 0.6 is 0 Å². The Morgan fingerprint density at radius 2 is 1.25 bits per heavy atom. The lowest BCUT2D eigenvalue weighted by Gasteiger charge is -2.29. The van der Waals surface area contributed by atoms with E-state index in [0.717, 1.165) is 90.0 Å². The number of hydrogen-bond donors (Lipinski definition) is 0. The Kier molecular flexibility index (Phi) is 33.4. The molecule has 1 heterocycles. The number of unbranched alkanes of at least 4 members (excludes halogenated alkanes) is 16. The summed E-state index contributed by atoms with van der Waals surface area (Å²) < 4.78 is 24.2. The number of carbonyl (C=O) groups excluding carboxylic acids is 2. The highest BCUT2D eigenvalue weighted by Crippen LogP contribution is 2.35. The van der Waals surface area contributed by atoms with Crippen molar-refractivity contribution in [3.05, 3.63) is 29.8 Å². The van der Waals surface area contributed by atoms with Crippen LogP contribution in [0.5, 0.6) is 0 Å².